The normalized spacial score (nSPS) is 11.6. The van der Waals surface area contributed by atoms with E-state index in [0.29, 0.717) is 17.5 Å². The van der Waals surface area contributed by atoms with Gasteiger partial charge in [-0.3, -0.25) is 9.13 Å². The molecule has 9 nitrogen and oxygen atoms in total. The Labute approximate surface area is 504 Å². The fraction of sp³-hybridized carbons (Fsp3) is 0. The Bertz CT molecular complexity index is 5190. The summed E-state index contributed by atoms with van der Waals surface area (Å²) in [4.78, 5) is 24.6. The van der Waals surface area contributed by atoms with Gasteiger partial charge in [0.1, 0.15) is 34.0 Å². The molecule has 18 aromatic rings. The summed E-state index contributed by atoms with van der Waals surface area (Å²) in [6.07, 6.45) is 3.85. The Morgan fingerprint density at radius 1 is 0.216 bits per heavy atom. The van der Waals surface area contributed by atoms with Gasteiger partial charge in [-0.2, -0.15) is 0 Å². The smallest absolute Gasteiger partial charge is 0.165 e. The molecule has 0 N–H and O–H groups in total. The first-order valence-electron chi connectivity index (χ1n) is 29.4. The molecule has 0 atom stereocenters. The maximum absolute atomic E-state index is 6.25. The van der Waals surface area contributed by atoms with E-state index in [0.717, 1.165) is 122 Å². The lowest BCUT2D eigenvalue weighted by molar-refractivity contribution is 0.669. The predicted octanol–water partition coefficient (Wildman–Crippen LogP) is 20.3. The van der Waals surface area contributed by atoms with Crippen LogP contribution in [0.2, 0.25) is 0 Å². The molecular formula is C79H49N7O2. The second-order valence-electron chi connectivity index (χ2n) is 22.0. The van der Waals surface area contributed by atoms with Crippen LogP contribution in [0.15, 0.2) is 306 Å². The van der Waals surface area contributed by atoms with Crippen LogP contribution in [0.25, 0.3) is 167 Å². The average molecular weight is 1130 g/mol. The number of para-hydroxylation sites is 4. The summed E-state index contributed by atoms with van der Waals surface area (Å²) in [6.45, 7) is 0. The van der Waals surface area contributed by atoms with Crippen LogP contribution in [0.5, 0.6) is 0 Å². The molecule has 0 aliphatic rings. The molecule has 9 heteroatoms. The van der Waals surface area contributed by atoms with Crippen LogP contribution in [0.3, 0.4) is 0 Å². The van der Waals surface area contributed by atoms with Crippen molar-refractivity contribution in [2.75, 3.05) is 0 Å². The third-order valence-corrected chi connectivity index (χ3v) is 16.7. The fourth-order valence-electron chi connectivity index (χ4n) is 12.5. The number of benzene rings is 11. The maximum Gasteiger partial charge on any atom is 0.165 e. The van der Waals surface area contributed by atoms with E-state index in [4.69, 9.17) is 33.8 Å². The Morgan fingerprint density at radius 2 is 0.568 bits per heavy atom. The zero-order valence-corrected chi connectivity index (χ0v) is 47.2. The molecule has 0 unspecified atom stereocenters. The number of hydrogen-bond acceptors (Lipinski definition) is 7. The van der Waals surface area contributed by atoms with Crippen molar-refractivity contribution >= 4 is 87.5 Å². The predicted molar refractivity (Wildman–Crippen MR) is 358 cm³/mol. The molecule has 11 aromatic carbocycles. The topological polar surface area (TPSA) is 101 Å². The molecular weight excluding hydrogens is 1080 g/mol. The van der Waals surface area contributed by atoms with Gasteiger partial charge in [0.05, 0.1) is 22.1 Å². The van der Waals surface area contributed by atoms with E-state index in [1.54, 1.807) is 0 Å². The number of aromatic nitrogens is 7. The van der Waals surface area contributed by atoms with Crippen molar-refractivity contribution in [3.8, 4) is 79.2 Å². The van der Waals surface area contributed by atoms with E-state index >= 15 is 0 Å². The molecule has 7 heterocycles. The molecule has 412 valence electrons. The zero-order chi connectivity index (χ0) is 58.1. The van der Waals surface area contributed by atoms with Crippen LogP contribution in [-0.4, -0.2) is 34.1 Å². The summed E-state index contributed by atoms with van der Waals surface area (Å²) < 4.78 is 17.0. The Balaban J connectivity index is 0.000000137. The van der Waals surface area contributed by atoms with E-state index in [1.165, 1.54) is 27.6 Å². The van der Waals surface area contributed by atoms with Gasteiger partial charge in [0, 0.05) is 77.7 Å². The lowest BCUT2D eigenvalue weighted by Gasteiger charge is -2.12. The van der Waals surface area contributed by atoms with E-state index in [-0.39, 0.29) is 0 Å². The van der Waals surface area contributed by atoms with Gasteiger partial charge in [0.25, 0.3) is 0 Å². The van der Waals surface area contributed by atoms with Crippen molar-refractivity contribution in [3.63, 3.8) is 0 Å². The molecule has 0 radical (unpaired) electrons. The van der Waals surface area contributed by atoms with Crippen LogP contribution >= 0.6 is 0 Å². The second kappa shape index (κ2) is 20.9. The van der Waals surface area contributed by atoms with Gasteiger partial charge < -0.3 is 8.83 Å². The monoisotopic (exact) mass is 1130 g/mol. The maximum atomic E-state index is 6.25. The highest BCUT2D eigenvalue weighted by molar-refractivity contribution is 6.18. The molecule has 0 amide bonds. The van der Waals surface area contributed by atoms with Crippen molar-refractivity contribution in [1.82, 2.24) is 34.1 Å². The first-order valence-corrected chi connectivity index (χ1v) is 29.4. The minimum absolute atomic E-state index is 0.575. The van der Waals surface area contributed by atoms with Gasteiger partial charge in [-0.25, -0.2) is 24.9 Å². The molecule has 0 saturated heterocycles. The minimum atomic E-state index is 0.575. The molecule has 88 heavy (non-hydrogen) atoms. The third kappa shape index (κ3) is 8.75. The van der Waals surface area contributed by atoms with Crippen molar-refractivity contribution in [2.24, 2.45) is 0 Å². The van der Waals surface area contributed by atoms with Gasteiger partial charge in [-0.1, -0.05) is 194 Å². The van der Waals surface area contributed by atoms with Gasteiger partial charge in [0.15, 0.2) is 17.5 Å². The number of hydrogen-bond donors (Lipinski definition) is 0. The highest BCUT2D eigenvalue weighted by Crippen LogP contribution is 2.41. The van der Waals surface area contributed by atoms with Crippen molar-refractivity contribution in [3.05, 3.63) is 298 Å². The van der Waals surface area contributed by atoms with E-state index in [2.05, 4.69) is 191 Å². The van der Waals surface area contributed by atoms with Gasteiger partial charge in [0.2, 0.25) is 0 Å². The number of nitrogens with zero attached hydrogens (tertiary/aromatic N) is 7. The number of rotatable bonds is 8. The highest BCUT2D eigenvalue weighted by atomic mass is 16.3. The average Bonchev–Trinajstić information content (AvgIpc) is 1.72. The lowest BCUT2D eigenvalue weighted by atomic mass is 9.94. The third-order valence-electron chi connectivity index (χ3n) is 16.7. The van der Waals surface area contributed by atoms with Crippen LogP contribution in [0.4, 0.5) is 0 Å². The molecule has 0 saturated carbocycles. The molecule has 0 aliphatic carbocycles. The molecule has 0 spiro atoms. The van der Waals surface area contributed by atoms with Crippen LogP contribution < -0.4 is 0 Å². The Hall–Kier alpha value is -12.1. The highest BCUT2D eigenvalue weighted by Gasteiger charge is 2.20. The molecule has 18 rings (SSSR count). The first kappa shape index (κ1) is 50.4. The Morgan fingerprint density at radius 3 is 0.989 bits per heavy atom. The molecule has 0 fully saturated rings. The molecule has 7 aromatic heterocycles. The molecule has 0 aliphatic heterocycles. The van der Waals surface area contributed by atoms with Crippen molar-refractivity contribution in [2.45, 2.75) is 0 Å². The van der Waals surface area contributed by atoms with E-state index in [1.807, 2.05) is 116 Å². The van der Waals surface area contributed by atoms with Gasteiger partial charge >= 0.3 is 0 Å². The number of pyridine rings is 2. The second-order valence-corrected chi connectivity index (χ2v) is 22.0. The van der Waals surface area contributed by atoms with E-state index in [9.17, 15) is 0 Å². The van der Waals surface area contributed by atoms with Crippen molar-refractivity contribution < 1.29 is 8.83 Å². The Kier molecular flexibility index (Phi) is 12.0. The number of fused-ring (bicyclic) bond motifs is 12. The quantitative estimate of drug-likeness (QED) is 0.149. The summed E-state index contributed by atoms with van der Waals surface area (Å²) in [5.74, 6) is 3.52. The summed E-state index contributed by atoms with van der Waals surface area (Å²) in [5, 5.41) is 9.02. The first-order chi connectivity index (χ1) is 43.6. The molecule has 0 bridgehead atoms. The lowest BCUT2D eigenvalue weighted by Crippen LogP contribution is -2.01. The summed E-state index contributed by atoms with van der Waals surface area (Å²) >= 11 is 0. The standard InChI is InChI=1S/C41H26N2O.C38H23N5O/c1-3-11-27(12-4-1)30-21-31(28-13-5-2-6-14-28)23-32(22-30)29-19-20-41(42-26-29)43-37-17-9-7-15-33(37)35-25-40-36(24-38(35)43)34-16-8-10-18-39(34)44-40;1-3-11-24(12-4-1)36-40-37(25-13-5-2-6-14-25)42-38(41-36)26-19-20-35(39-23-26)43-31-17-9-7-15-27(31)29-22-34-30(21-32(29)43)28-16-8-10-18-33(28)44-34/h1-26H;1-23H. The van der Waals surface area contributed by atoms with Gasteiger partial charge in [-0.05, 0) is 119 Å². The minimum Gasteiger partial charge on any atom is -0.456 e. The van der Waals surface area contributed by atoms with Gasteiger partial charge in [-0.15, -0.1) is 0 Å². The summed E-state index contributed by atoms with van der Waals surface area (Å²) in [6, 6.07) is 98.5. The van der Waals surface area contributed by atoms with Crippen molar-refractivity contribution in [1.29, 1.82) is 0 Å². The summed E-state index contributed by atoms with van der Waals surface area (Å²) in [5.41, 5.74) is 17.6. The SMILES string of the molecule is c1ccc(-c2cc(-c3ccccc3)cc(-c3ccc(-n4c5ccccc5c5cc6oc7ccccc7c6cc54)nc3)c2)cc1.c1ccc(-c2nc(-c3ccccc3)nc(-c3ccc(-n4c5ccccc5c5cc6oc7ccccc7c6cc54)nc3)n2)cc1. The van der Waals surface area contributed by atoms with E-state index < -0.39 is 0 Å². The number of furan rings is 2. The van der Waals surface area contributed by atoms with Crippen LogP contribution in [-0.2, 0) is 0 Å². The largest absolute Gasteiger partial charge is 0.456 e. The fourth-order valence-corrected chi connectivity index (χ4v) is 12.5. The van der Waals surface area contributed by atoms with Crippen LogP contribution in [0.1, 0.15) is 0 Å². The zero-order valence-electron chi connectivity index (χ0n) is 47.2. The van der Waals surface area contributed by atoms with Crippen LogP contribution in [0, 0.1) is 0 Å². The summed E-state index contributed by atoms with van der Waals surface area (Å²) in [7, 11) is 0.